The Hall–Kier alpha value is -2.34. The number of carbonyl (C=O) groups is 2. The summed E-state index contributed by atoms with van der Waals surface area (Å²) < 4.78 is 5.92. The van der Waals surface area contributed by atoms with E-state index in [9.17, 15) is 9.59 Å². The molecular weight excluding hydrogens is 348 g/mol. The van der Waals surface area contributed by atoms with E-state index in [-0.39, 0.29) is 6.03 Å². The van der Waals surface area contributed by atoms with Crippen molar-refractivity contribution in [2.45, 2.75) is 13.5 Å². The summed E-state index contributed by atoms with van der Waals surface area (Å²) in [7, 11) is 0. The third-order valence-electron chi connectivity index (χ3n) is 2.70. The van der Waals surface area contributed by atoms with Gasteiger partial charge in [-0.3, -0.25) is 4.79 Å². The SMILES string of the molecule is CC(=O)Oc1cccc(NC(=O)NCc2cccc(Br)c2)c1. The van der Waals surface area contributed by atoms with Gasteiger partial charge in [-0.25, -0.2) is 4.79 Å². The second-order valence-corrected chi connectivity index (χ2v) is 5.47. The van der Waals surface area contributed by atoms with Gasteiger partial charge < -0.3 is 15.4 Å². The van der Waals surface area contributed by atoms with Gasteiger partial charge in [0.25, 0.3) is 0 Å². The molecule has 0 bridgehead atoms. The van der Waals surface area contributed by atoms with E-state index in [1.54, 1.807) is 24.3 Å². The Kier molecular flexibility index (Phi) is 5.55. The highest BCUT2D eigenvalue weighted by Gasteiger charge is 2.04. The summed E-state index contributed by atoms with van der Waals surface area (Å²) in [4.78, 5) is 22.8. The molecule has 0 aliphatic carbocycles. The van der Waals surface area contributed by atoms with E-state index in [0.29, 0.717) is 18.0 Å². The third-order valence-corrected chi connectivity index (χ3v) is 3.19. The zero-order chi connectivity index (χ0) is 15.9. The molecule has 114 valence electrons. The number of benzene rings is 2. The minimum atomic E-state index is -0.406. The van der Waals surface area contributed by atoms with Gasteiger partial charge in [-0.15, -0.1) is 0 Å². The molecule has 2 N–H and O–H groups in total. The second kappa shape index (κ2) is 7.61. The van der Waals surface area contributed by atoms with E-state index in [0.717, 1.165) is 10.0 Å². The van der Waals surface area contributed by atoms with Crippen LogP contribution in [0.5, 0.6) is 5.75 Å². The van der Waals surface area contributed by atoms with Crippen LogP contribution in [0.4, 0.5) is 10.5 Å². The van der Waals surface area contributed by atoms with E-state index in [2.05, 4.69) is 26.6 Å². The number of amides is 2. The lowest BCUT2D eigenvalue weighted by molar-refractivity contribution is -0.131. The molecule has 0 fully saturated rings. The van der Waals surface area contributed by atoms with Crippen LogP contribution in [-0.4, -0.2) is 12.0 Å². The number of nitrogens with one attached hydrogen (secondary N) is 2. The highest BCUT2D eigenvalue weighted by Crippen LogP contribution is 2.17. The van der Waals surface area contributed by atoms with Crippen LogP contribution < -0.4 is 15.4 Å². The molecule has 0 aromatic heterocycles. The molecule has 0 radical (unpaired) electrons. The van der Waals surface area contributed by atoms with Crippen molar-refractivity contribution in [3.8, 4) is 5.75 Å². The monoisotopic (exact) mass is 362 g/mol. The Morgan fingerprint density at radius 3 is 2.64 bits per heavy atom. The lowest BCUT2D eigenvalue weighted by Crippen LogP contribution is -2.28. The number of urea groups is 1. The molecule has 0 atom stereocenters. The first-order chi connectivity index (χ1) is 10.5. The van der Waals surface area contributed by atoms with E-state index >= 15 is 0 Å². The predicted octanol–water partition coefficient (Wildman–Crippen LogP) is 3.70. The first kappa shape index (κ1) is 16.0. The van der Waals surface area contributed by atoms with Gasteiger partial charge in [-0.1, -0.05) is 34.1 Å². The highest BCUT2D eigenvalue weighted by molar-refractivity contribution is 9.10. The quantitative estimate of drug-likeness (QED) is 0.643. The average Bonchev–Trinajstić information content (AvgIpc) is 2.45. The largest absolute Gasteiger partial charge is 0.427 e. The number of halogens is 1. The first-order valence-electron chi connectivity index (χ1n) is 6.61. The summed E-state index contributed by atoms with van der Waals surface area (Å²) in [5.74, 6) is -0.0199. The van der Waals surface area contributed by atoms with Crippen molar-refractivity contribution >= 4 is 33.6 Å². The van der Waals surface area contributed by atoms with Crippen molar-refractivity contribution < 1.29 is 14.3 Å². The summed E-state index contributed by atoms with van der Waals surface area (Å²) in [6, 6.07) is 14.0. The van der Waals surface area contributed by atoms with E-state index in [4.69, 9.17) is 4.74 Å². The van der Waals surface area contributed by atoms with Crippen molar-refractivity contribution in [2.75, 3.05) is 5.32 Å². The van der Waals surface area contributed by atoms with Gasteiger partial charge in [0.1, 0.15) is 5.75 Å². The molecule has 2 aromatic rings. The minimum absolute atomic E-state index is 0.333. The summed E-state index contributed by atoms with van der Waals surface area (Å²) in [6.07, 6.45) is 0. The van der Waals surface area contributed by atoms with E-state index < -0.39 is 5.97 Å². The number of esters is 1. The maximum Gasteiger partial charge on any atom is 0.319 e. The topological polar surface area (TPSA) is 67.4 Å². The summed E-state index contributed by atoms with van der Waals surface area (Å²) in [5.41, 5.74) is 1.53. The molecular formula is C16H15BrN2O3. The molecule has 2 aromatic carbocycles. The number of ether oxygens (including phenoxy) is 1. The molecule has 0 aliphatic rings. The summed E-state index contributed by atoms with van der Waals surface area (Å²) in [6.45, 7) is 1.74. The van der Waals surface area contributed by atoms with Gasteiger partial charge in [0.05, 0.1) is 0 Å². The number of rotatable bonds is 4. The van der Waals surface area contributed by atoms with Gasteiger partial charge in [0.2, 0.25) is 0 Å². The number of carbonyl (C=O) groups excluding carboxylic acids is 2. The van der Waals surface area contributed by atoms with Crippen molar-refractivity contribution in [2.24, 2.45) is 0 Å². The van der Waals surface area contributed by atoms with E-state index in [1.165, 1.54) is 6.92 Å². The van der Waals surface area contributed by atoms with Crippen molar-refractivity contribution in [3.05, 3.63) is 58.6 Å². The third kappa shape index (κ3) is 5.21. The number of hydrogen-bond donors (Lipinski definition) is 2. The second-order valence-electron chi connectivity index (χ2n) is 4.56. The normalized spacial score (nSPS) is 9.91. The summed E-state index contributed by atoms with van der Waals surface area (Å²) in [5, 5.41) is 5.44. The van der Waals surface area contributed by atoms with Crippen LogP contribution in [-0.2, 0) is 11.3 Å². The zero-order valence-corrected chi connectivity index (χ0v) is 13.5. The van der Waals surface area contributed by atoms with Gasteiger partial charge in [-0.05, 0) is 29.8 Å². The molecule has 2 amide bonds. The Balaban J connectivity index is 1.90. The van der Waals surface area contributed by atoms with Crippen LogP contribution in [0.15, 0.2) is 53.0 Å². The van der Waals surface area contributed by atoms with Crippen LogP contribution in [0, 0.1) is 0 Å². The molecule has 0 saturated heterocycles. The maximum atomic E-state index is 11.9. The van der Waals surface area contributed by atoms with E-state index in [1.807, 2.05) is 24.3 Å². The van der Waals surface area contributed by atoms with Gasteiger partial charge >= 0.3 is 12.0 Å². The average molecular weight is 363 g/mol. The Bertz CT molecular complexity index is 689. The molecule has 0 heterocycles. The van der Waals surface area contributed by atoms with Crippen LogP contribution in [0.25, 0.3) is 0 Å². The Morgan fingerprint density at radius 2 is 1.91 bits per heavy atom. The van der Waals surface area contributed by atoms with Crippen LogP contribution in [0.1, 0.15) is 12.5 Å². The fourth-order valence-corrected chi connectivity index (χ4v) is 2.25. The molecule has 5 nitrogen and oxygen atoms in total. The maximum absolute atomic E-state index is 11.9. The molecule has 0 aliphatic heterocycles. The smallest absolute Gasteiger partial charge is 0.319 e. The summed E-state index contributed by atoms with van der Waals surface area (Å²) >= 11 is 3.38. The van der Waals surface area contributed by atoms with Crippen molar-refractivity contribution in [1.82, 2.24) is 5.32 Å². The molecule has 22 heavy (non-hydrogen) atoms. The van der Waals surface area contributed by atoms with Gasteiger partial charge in [0, 0.05) is 29.7 Å². The molecule has 2 rings (SSSR count). The van der Waals surface area contributed by atoms with Crippen LogP contribution in [0.3, 0.4) is 0 Å². The molecule has 0 unspecified atom stereocenters. The van der Waals surface area contributed by atoms with Crippen molar-refractivity contribution in [1.29, 1.82) is 0 Å². The highest BCUT2D eigenvalue weighted by atomic mass is 79.9. The molecule has 0 spiro atoms. The van der Waals surface area contributed by atoms with Crippen LogP contribution >= 0.6 is 15.9 Å². The lowest BCUT2D eigenvalue weighted by atomic mass is 10.2. The number of anilines is 1. The van der Waals surface area contributed by atoms with Crippen molar-refractivity contribution in [3.63, 3.8) is 0 Å². The molecule has 6 heteroatoms. The zero-order valence-electron chi connectivity index (χ0n) is 11.9. The molecule has 0 saturated carbocycles. The first-order valence-corrected chi connectivity index (χ1v) is 7.40. The predicted molar refractivity (Wildman–Crippen MR) is 87.8 cm³/mol. The fraction of sp³-hybridized carbons (Fsp3) is 0.125. The minimum Gasteiger partial charge on any atom is -0.427 e. The Morgan fingerprint density at radius 1 is 1.14 bits per heavy atom. The lowest BCUT2D eigenvalue weighted by Gasteiger charge is -2.09. The van der Waals surface area contributed by atoms with Gasteiger partial charge in [0.15, 0.2) is 0 Å². The standard InChI is InChI=1S/C16H15BrN2O3/c1-11(20)22-15-7-3-6-14(9-15)19-16(21)18-10-12-4-2-5-13(17)8-12/h2-9H,10H2,1H3,(H2,18,19,21). The van der Waals surface area contributed by atoms with Gasteiger partial charge in [-0.2, -0.15) is 0 Å². The number of hydrogen-bond acceptors (Lipinski definition) is 3. The van der Waals surface area contributed by atoms with Crippen LogP contribution in [0.2, 0.25) is 0 Å². The fourth-order valence-electron chi connectivity index (χ4n) is 1.81. The Labute approximate surface area is 136 Å².